The Balaban J connectivity index is 1.42. The Morgan fingerprint density at radius 3 is 1.95 bits per heavy atom. The zero-order valence-electron chi connectivity index (χ0n) is 22.3. The highest BCUT2D eigenvalue weighted by molar-refractivity contribution is 5.86. The van der Waals surface area contributed by atoms with Crippen molar-refractivity contribution in [2.24, 2.45) is 0 Å². The lowest BCUT2D eigenvalue weighted by molar-refractivity contribution is 0.632. The Kier molecular flexibility index (Phi) is 9.96. The van der Waals surface area contributed by atoms with Crippen LogP contribution in [0.25, 0.3) is 10.8 Å². The molecule has 0 radical (unpaired) electrons. The van der Waals surface area contributed by atoms with E-state index in [1.165, 1.54) is 43.2 Å². The topological polar surface area (TPSA) is 0 Å². The third-order valence-corrected chi connectivity index (χ3v) is 6.76. The van der Waals surface area contributed by atoms with E-state index in [9.17, 15) is 0 Å². The molecule has 0 aliphatic carbocycles. The number of hydrogen-bond donors (Lipinski definition) is 0. The van der Waals surface area contributed by atoms with Gasteiger partial charge in [0.05, 0.1) is 5.56 Å². The average Bonchev–Trinajstić information content (AvgIpc) is 2.95. The predicted octanol–water partition coefficient (Wildman–Crippen LogP) is 9.41. The maximum absolute atomic E-state index is 15.2. The van der Waals surface area contributed by atoms with Crippen LogP contribution in [0.4, 0.5) is 4.39 Å². The van der Waals surface area contributed by atoms with Crippen LogP contribution < -0.4 is 0 Å². The van der Waals surface area contributed by atoms with Gasteiger partial charge in [0, 0.05) is 22.1 Å². The standard InChI is InChI=1S/C37H35F/c1-3-5-7-8-9-11-30-14-16-31(17-15-30)20-21-33-23-27-36-35(28-33)26-25-34(37(36)38)24-22-32-18-12-29(13-19-32)10-6-4-2/h4,12-19,23,25-28H,2-3,5-11H2,1H3. The summed E-state index contributed by atoms with van der Waals surface area (Å²) in [7, 11) is 0. The molecule has 0 fully saturated rings. The lowest BCUT2D eigenvalue weighted by Crippen LogP contribution is -1.88. The van der Waals surface area contributed by atoms with Crippen molar-refractivity contribution in [2.75, 3.05) is 0 Å². The predicted molar refractivity (Wildman–Crippen MR) is 160 cm³/mol. The van der Waals surface area contributed by atoms with Crippen molar-refractivity contribution in [3.05, 3.63) is 131 Å². The van der Waals surface area contributed by atoms with Gasteiger partial charge in [-0.25, -0.2) is 4.39 Å². The van der Waals surface area contributed by atoms with E-state index in [1.54, 1.807) is 12.1 Å². The summed E-state index contributed by atoms with van der Waals surface area (Å²) in [4.78, 5) is 0. The Hall–Kier alpha value is -4.07. The zero-order valence-corrected chi connectivity index (χ0v) is 22.3. The van der Waals surface area contributed by atoms with Crippen LogP contribution in [-0.2, 0) is 12.8 Å². The van der Waals surface area contributed by atoms with Gasteiger partial charge < -0.3 is 0 Å². The van der Waals surface area contributed by atoms with Crippen molar-refractivity contribution in [3.63, 3.8) is 0 Å². The summed E-state index contributed by atoms with van der Waals surface area (Å²) >= 11 is 0. The molecular formula is C37H35F. The second-order valence-electron chi connectivity index (χ2n) is 9.75. The first-order valence-electron chi connectivity index (χ1n) is 13.7. The number of allylic oxidation sites excluding steroid dienone is 1. The van der Waals surface area contributed by atoms with Gasteiger partial charge in [-0.2, -0.15) is 0 Å². The Morgan fingerprint density at radius 2 is 1.26 bits per heavy atom. The van der Waals surface area contributed by atoms with Crippen LogP contribution in [0.2, 0.25) is 0 Å². The van der Waals surface area contributed by atoms with Crippen LogP contribution >= 0.6 is 0 Å². The lowest BCUT2D eigenvalue weighted by atomic mass is 10.0. The molecule has 38 heavy (non-hydrogen) atoms. The summed E-state index contributed by atoms with van der Waals surface area (Å²) in [5, 5.41) is 1.38. The third kappa shape index (κ3) is 7.71. The molecule has 0 saturated carbocycles. The van der Waals surface area contributed by atoms with Gasteiger partial charge in [-0.3, -0.25) is 0 Å². The summed E-state index contributed by atoms with van der Waals surface area (Å²) in [6.07, 6.45) is 11.5. The van der Waals surface area contributed by atoms with Gasteiger partial charge in [0.15, 0.2) is 0 Å². The molecule has 0 spiro atoms. The largest absolute Gasteiger partial charge is 0.205 e. The molecule has 0 nitrogen and oxygen atoms in total. The number of benzene rings is 4. The summed E-state index contributed by atoms with van der Waals surface area (Å²) < 4.78 is 15.2. The molecule has 4 aromatic rings. The number of unbranched alkanes of at least 4 members (excludes halogenated alkanes) is 4. The molecule has 0 saturated heterocycles. The molecule has 0 bridgehead atoms. The number of hydrogen-bond acceptors (Lipinski definition) is 0. The number of halogens is 1. The van der Waals surface area contributed by atoms with Crippen molar-refractivity contribution in [2.45, 2.75) is 58.3 Å². The highest BCUT2D eigenvalue weighted by Crippen LogP contribution is 2.22. The SMILES string of the molecule is C=CCCc1ccc(C#Cc2ccc3cc(C#Cc4ccc(CCCCCCC)cc4)ccc3c2F)cc1. The van der Waals surface area contributed by atoms with Crippen molar-refractivity contribution in [1.29, 1.82) is 0 Å². The van der Waals surface area contributed by atoms with Crippen LogP contribution in [-0.4, -0.2) is 0 Å². The smallest absolute Gasteiger partial charge is 0.146 e. The van der Waals surface area contributed by atoms with Crippen LogP contribution in [0.1, 0.15) is 78.8 Å². The van der Waals surface area contributed by atoms with Gasteiger partial charge in [-0.1, -0.05) is 98.8 Å². The molecule has 0 unspecified atom stereocenters. The van der Waals surface area contributed by atoms with E-state index >= 15 is 4.39 Å². The van der Waals surface area contributed by atoms with Gasteiger partial charge in [0.25, 0.3) is 0 Å². The fourth-order valence-corrected chi connectivity index (χ4v) is 4.46. The Morgan fingerprint density at radius 1 is 0.658 bits per heavy atom. The fourth-order valence-electron chi connectivity index (χ4n) is 4.46. The number of fused-ring (bicyclic) bond motifs is 1. The van der Waals surface area contributed by atoms with Gasteiger partial charge in [-0.05, 0) is 84.7 Å². The second kappa shape index (κ2) is 14.0. The summed E-state index contributed by atoms with van der Waals surface area (Å²) in [5.74, 6) is 12.3. The molecule has 0 amide bonds. The fraction of sp³-hybridized carbons (Fsp3) is 0.243. The monoisotopic (exact) mass is 498 g/mol. The van der Waals surface area contributed by atoms with Crippen LogP contribution in [0.3, 0.4) is 0 Å². The molecule has 0 heterocycles. The van der Waals surface area contributed by atoms with E-state index in [1.807, 2.05) is 36.4 Å². The molecule has 0 aliphatic rings. The van der Waals surface area contributed by atoms with E-state index < -0.39 is 0 Å². The van der Waals surface area contributed by atoms with E-state index in [-0.39, 0.29) is 5.82 Å². The molecule has 4 rings (SSSR count). The minimum Gasteiger partial charge on any atom is -0.205 e. The van der Waals surface area contributed by atoms with E-state index in [0.29, 0.717) is 10.9 Å². The van der Waals surface area contributed by atoms with E-state index in [0.717, 1.165) is 41.3 Å². The first-order valence-corrected chi connectivity index (χ1v) is 13.7. The summed E-state index contributed by atoms with van der Waals surface area (Å²) in [5.41, 5.74) is 5.75. The molecule has 1 heteroatoms. The van der Waals surface area contributed by atoms with Gasteiger partial charge in [0.2, 0.25) is 0 Å². The van der Waals surface area contributed by atoms with Crippen molar-refractivity contribution < 1.29 is 4.39 Å². The zero-order chi connectivity index (χ0) is 26.6. The number of rotatable bonds is 9. The average molecular weight is 499 g/mol. The van der Waals surface area contributed by atoms with Crippen molar-refractivity contribution >= 4 is 10.8 Å². The molecule has 190 valence electrons. The minimum atomic E-state index is -0.289. The van der Waals surface area contributed by atoms with Crippen molar-refractivity contribution in [1.82, 2.24) is 0 Å². The quantitative estimate of drug-likeness (QED) is 0.122. The van der Waals surface area contributed by atoms with Crippen LogP contribution in [0, 0.1) is 29.5 Å². The third-order valence-electron chi connectivity index (χ3n) is 6.76. The Labute approximate surface area is 227 Å². The maximum atomic E-state index is 15.2. The molecule has 0 aliphatic heterocycles. The summed E-state index contributed by atoms with van der Waals surface area (Å²) in [6.45, 7) is 6.01. The first-order chi connectivity index (χ1) is 18.7. The second-order valence-corrected chi connectivity index (χ2v) is 9.75. The van der Waals surface area contributed by atoms with E-state index in [4.69, 9.17) is 0 Å². The summed E-state index contributed by atoms with van der Waals surface area (Å²) in [6, 6.07) is 25.9. The normalized spacial score (nSPS) is 10.4. The highest BCUT2D eigenvalue weighted by atomic mass is 19.1. The lowest BCUT2D eigenvalue weighted by Gasteiger charge is -2.03. The molecule has 0 atom stereocenters. The maximum Gasteiger partial charge on any atom is 0.146 e. The van der Waals surface area contributed by atoms with Crippen LogP contribution in [0.5, 0.6) is 0 Å². The molecule has 0 N–H and O–H groups in total. The highest BCUT2D eigenvalue weighted by Gasteiger charge is 2.06. The molecule has 0 aromatic heterocycles. The van der Waals surface area contributed by atoms with Gasteiger partial charge in [0.1, 0.15) is 5.82 Å². The minimum absolute atomic E-state index is 0.289. The van der Waals surface area contributed by atoms with E-state index in [2.05, 4.69) is 73.6 Å². The van der Waals surface area contributed by atoms with Gasteiger partial charge >= 0.3 is 0 Å². The number of aryl methyl sites for hydroxylation is 2. The first kappa shape index (κ1) is 27.0. The van der Waals surface area contributed by atoms with Gasteiger partial charge in [-0.15, -0.1) is 6.58 Å². The molecular weight excluding hydrogens is 463 g/mol. The molecule has 4 aromatic carbocycles. The Bertz CT molecular complexity index is 1480. The van der Waals surface area contributed by atoms with Crippen molar-refractivity contribution in [3.8, 4) is 23.7 Å². The van der Waals surface area contributed by atoms with Crippen LogP contribution in [0.15, 0.2) is 91.5 Å².